The van der Waals surface area contributed by atoms with Crippen LogP contribution >= 0.6 is 11.3 Å². The van der Waals surface area contributed by atoms with Gasteiger partial charge in [-0.15, -0.1) is 11.3 Å². The van der Waals surface area contributed by atoms with E-state index in [9.17, 15) is 0 Å². The Bertz CT molecular complexity index is 459. The lowest BCUT2D eigenvalue weighted by molar-refractivity contribution is 0.799. The number of hydrogen-bond donors (Lipinski definition) is 1. The first-order valence-corrected chi connectivity index (χ1v) is 6.41. The van der Waals surface area contributed by atoms with Crippen LogP contribution in [0.4, 0.5) is 0 Å². The lowest BCUT2D eigenvalue weighted by atomic mass is 10.1. The van der Waals surface area contributed by atoms with Crippen LogP contribution in [-0.2, 0) is 6.42 Å². The fraction of sp³-hybridized carbons (Fsp3) is 0.286. The highest BCUT2D eigenvalue weighted by Gasteiger charge is 2.02. The molecule has 0 spiro atoms. The SMILES string of the molecule is CNCCc1ccc(-c2cccc(C)c2)s1. The van der Waals surface area contributed by atoms with Crippen LogP contribution in [0.1, 0.15) is 10.4 Å². The first-order chi connectivity index (χ1) is 7.79. The Labute approximate surface area is 101 Å². The maximum atomic E-state index is 3.18. The molecule has 1 aromatic carbocycles. The van der Waals surface area contributed by atoms with Crippen LogP contribution < -0.4 is 5.32 Å². The average molecular weight is 231 g/mol. The maximum Gasteiger partial charge on any atom is 0.0345 e. The van der Waals surface area contributed by atoms with Crippen LogP contribution in [-0.4, -0.2) is 13.6 Å². The molecule has 0 radical (unpaired) electrons. The van der Waals surface area contributed by atoms with Gasteiger partial charge in [-0.1, -0.05) is 29.8 Å². The summed E-state index contributed by atoms with van der Waals surface area (Å²) in [6.45, 7) is 3.19. The number of rotatable bonds is 4. The summed E-state index contributed by atoms with van der Waals surface area (Å²) in [5, 5.41) is 3.18. The molecule has 0 saturated heterocycles. The molecule has 0 aliphatic heterocycles. The van der Waals surface area contributed by atoms with Gasteiger partial charge in [0.1, 0.15) is 0 Å². The fourth-order valence-corrected chi connectivity index (χ4v) is 2.72. The van der Waals surface area contributed by atoms with Gasteiger partial charge in [-0.25, -0.2) is 0 Å². The van der Waals surface area contributed by atoms with E-state index in [1.165, 1.54) is 20.9 Å². The molecule has 0 aliphatic carbocycles. The summed E-state index contributed by atoms with van der Waals surface area (Å²) in [6.07, 6.45) is 1.12. The monoisotopic (exact) mass is 231 g/mol. The number of thiophene rings is 1. The molecule has 1 heterocycles. The smallest absolute Gasteiger partial charge is 0.0345 e. The highest BCUT2D eigenvalue weighted by atomic mass is 32.1. The molecule has 1 aromatic heterocycles. The molecule has 1 nitrogen and oxygen atoms in total. The largest absolute Gasteiger partial charge is 0.319 e. The van der Waals surface area contributed by atoms with E-state index in [-0.39, 0.29) is 0 Å². The maximum absolute atomic E-state index is 3.18. The molecule has 0 fully saturated rings. The van der Waals surface area contributed by atoms with Crippen molar-refractivity contribution in [1.29, 1.82) is 0 Å². The third kappa shape index (κ3) is 2.71. The minimum Gasteiger partial charge on any atom is -0.319 e. The highest BCUT2D eigenvalue weighted by molar-refractivity contribution is 7.15. The number of nitrogens with one attached hydrogen (secondary N) is 1. The summed E-state index contributed by atoms with van der Waals surface area (Å²) >= 11 is 1.89. The molecule has 2 rings (SSSR count). The van der Waals surface area contributed by atoms with Crippen molar-refractivity contribution in [2.24, 2.45) is 0 Å². The van der Waals surface area contributed by atoms with Gasteiger partial charge in [0.05, 0.1) is 0 Å². The Hall–Kier alpha value is -1.12. The van der Waals surface area contributed by atoms with Gasteiger partial charge in [-0.3, -0.25) is 0 Å². The van der Waals surface area contributed by atoms with Crippen LogP contribution in [0.3, 0.4) is 0 Å². The van der Waals surface area contributed by atoms with Gasteiger partial charge in [-0.05, 0) is 44.6 Å². The number of hydrogen-bond acceptors (Lipinski definition) is 2. The zero-order chi connectivity index (χ0) is 11.4. The van der Waals surface area contributed by atoms with Gasteiger partial charge in [-0.2, -0.15) is 0 Å². The van der Waals surface area contributed by atoms with E-state index >= 15 is 0 Å². The van der Waals surface area contributed by atoms with E-state index in [1.54, 1.807) is 0 Å². The summed E-state index contributed by atoms with van der Waals surface area (Å²) in [6, 6.07) is 13.1. The zero-order valence-corrected chi connectivity index (χ0v) is 10.6. The van der Waals surface area contributed by atoms with Crippen molar-refractivity contribution in [1.82, 2.24) is 5.32 Å². The van der Waals surface area contributed by atoms with E-state index in [1.807, 2.05) is 18.4 Å². The van der Waals surface area contributed by atoms with Crippen LogP contribution in [0.5, 0.6) is 0 Å². The van der Waals surface area contributed by atoms with Crippen molar-refractivity contribution >= 4 is 11.3 Å². The Morgan fingerprint density at radius 2 is 2.06 bits per heavy atom. The molecular formula is C14H17NS. The second-order valence-corrected chi connectivity index (χ2v) is 5.16. The molecule has 0 bridgehead atoms. The average Bonchev–Trinajstić information content (AvgIpc) is 2.75. The number of likely N-dealkylation sites (N-methyl/N-ethyl adjacent to an activating group) is 1. The lowest BCUT2D eigenvalue weighted by Crippen LogP contribution is -2.09. The first kappa shape index (κ1) is 11.4. The molecule has 0 atom stereocenters. The van der Waals surface area contributed by atoms with Crippen molar-refractivity contribution < 1.29 is 0 Å². The van der Waals surface area contributed by atoms with Gasteiger partial charge in [0.15, 0.2) is 0 Å². The molecule has 0 unspecified atom stereocenters. The third-order valence-corrected chi connectivity index (χ3v) is 3.78. The number of benzene rings is 1. The highest BCUT2D eigenvalue weighted by Crippen LogP contribution is 2.28. The van der Waals surface area contributed by atoms with Crippen LogP contribution in [0.15, 0.2) is 36.4 Å². The predicted octanol–water partition coefficient (Wildman–Crippen LogP) is 3.49. The van der Waals surface area contributed by atoms with Crippen molar-refractivity contribution in [3.8, 4) is 10.4 Å². The Balaban J connectivity index is 2.18. The quantitative estimate of drug-likeness (QED) is 0.849. The van der Waals surface area contributed by atoms with E-state index < -0.39 is 0 Å². The number of aryl methyl sites for hydroxylation is 1. The summed E-state index contributed by atoms with van der Waals surface area (Å²) in [5.41, 5.74) is 2.66. The summed E-state index contributed by atoms with van der Waals surface area (Å²) in [4.78, 5) is 2.82. The standard InChI is InChI=1S/C14H17NS/c1-11-4-3-5-12(10-11)14-7-6-13(16-14)8-9-15-2/h3-7,10,15H,8-9H2,1-2H3. The minimum atomic E-state index is 1.05. The van der Waals surface area contributed by atoms with Crippen molar-refractivity contribution in [3.05, 3.63) is 46.8 Å². The second kappa shape index (κ2) is 5.28. The molecule has 0 saturated carbocycles. The summed E-state index contributed by atoms with van der Waals surface area (Å²) < 4.78 is 0. The third-order valence-electron chi connectivity index (χ3n) is 2.59. The lowest BCUT2D eigenvalue weighted by Gasteiger charge is -1.99. The van der Waals surface area contributed by atoms with Crippen molar-refractivity contribution in [2.45, 2.75) is 13.3 Å². The second-order valence-electron chi connectivity index (χ2n) is 3.99. The van der Waals surface area contributed by atoms with E-state index in [2.05, 4.69) is 48.6 Å². The first-order valence-electron chi connectivity index (χ1n) is 5.60. The Morgan fingerprint density at radius 1 is 1.19 bits per heavy atom. The molecular weight excluding hydrogens is 214 g/mol. The zero-order valence-electron chi connectivity index (χ0n) is 9.79. The van der Waals surface area contributed by atoms with Crippen LogP contribution in [0.2, 0.25) is 0 Å². The molecule has 2 heteroatoms. The molecule has 2 aromatic rings. The predicted molar refractivity (Wildman–Crippen MR) is 72.1 cm³/mol. The topological polar surface area (TPSA) is 12.0 Å². The summed E-state index contributed by atoms with van der Waals surface area (Å²) in [5.74, 6) is 0. The molecule has 0 amide bonds. The summed E-state index contributed by atoms with van der Waals surface area (Å²) in [7, 11) is 2.00. The fourth-order valence-electron chi connectivity index (χ4n) is 1.71. The van der Waals surface area contributed by atoms with Gasteiger partial charge >= 0.3 is 0 Å². The van der Waals surface area contributed by atoms with Crippen molar-refractivity contribution in [3.63, 3.8) is 0 Å². The van der Waals surface area contributed by atoms with Gasteiger partial charge in [0.2, 0.25) is 0 Å². The van der Waals surface area contributed by atoms with Crippen molar-refractivity contribution in [2.75, 3.05) is 13.6 Å². The van der Waals surface area contributed by atoms with E-state index in [0.717, 1.165) is 13.0 Å². The Kier molecular flexibility index (Phi) is 3.75. The van der Waals surface area contributed by atoms with Gasteiger partial charge < -0.3 is 5.32 Å². The van der Waals surface area contributed by atoms with E-state index in [0.29, 0.717) is 0 Å². The van der Waals surface area contributed by atoms with Gasteiger partial charge in [0, 0.05) is 9.75 Å². The van der Waals surface area contributed by atoms with Crippen LogP contribution in [0, 0.1) is 6.92 Å². The molecule has 1 N–H and O–H groups in total. The normalized spacial score (nSPS) is 10.6. The molecule has 0 aliphatic rings. The van der Waals surface area contributed by atoms with Gasteiger partial charge in [0.25, 0.3) is 0 Å². The minimum absolute atomic E-state index is 1.05. The molecule has 16 heavy (non-hydrogen) atoms. The van der Waals surface area contributed by atoms with E-state index in [4.69, 9.17) is 0 Å². The van der Waals surface area contributed by atoms with Crippen LogP contribution in [0.25, 0.3) is 10.4 Å². The Morgan fingerprint density at radius 3 is 2.81 bits per heavy atom. The molecule has 84 valence electrons.